The van der Waals surface area contributed by atoms with Crippen LogP contribution in [0.4, 0.5) is 5.69 Å². The molecule has 2 rings (SSSR count). The van der Waals surface area contributed by atoms with E-state index >= 15 is 0 Å². The summed E-state index contributed by atoms with van der Waals surface area (Å²) < 4.78 is 0. The van der Waals surface area contributed by atoms with E-state index in [0.717, 1.165) is 30.8 Å². The third-order valence-corrected chi connectivity index (χ3v) is 3.11. The molecule has 0 fully saturated rings. The molecule has 2 nitrogen and oxygen atoms in total. The monoisotopic (exact) mass is 212 g/mol. The molecule has 16 heavy (non-hydrogen) atoms. The van der Waals surface area contributed by atoms with Gasteiger partial charge in [-0.25, -0.2) is 0 Å². The van der Waals surface area contributed by atoms with Crippen LogP contribution in [-0.4, -0.2) is 13.1 Å². The molecule has 1 aliphatic rings. The molecule has 0 aliphatic carbocycles. The van der Waals surface area contributed by atoms with Gasteiger partial charge in [-0.15, -0.1) is 0 Å². The maximum absolute atomic E-state index is 9.13. The van der Waals surface area contributed by atoms with Gasteiger partial charge in [0, 0.05) is 13.1 Å². The van der Waals surface area contributed by atoms with Crippen LogP contribution in [0.1, 0.15) is 24.5 Å². The molecule has 0 amide bonds. The van der Waals surface area contributed by atoms with Crippen LogP contribution in [0.25, 0.3) is 0 Å². The highest BCUT2D eigenvalue weighted by molar-refractivity contribution is 5.64. The number of anilines is 1. The van der Waals surface area contributed by atoms with Crippen molar-refractivity contribution in [1.82, 2.24) is 0 Å². The molecule has 1 heterocycles. The van der Waals surface area contributed by atoms with Crippen molar-refractivity contribution in [1.29, 1.82) is 5.26 Å². The van der Waals surface area contributed by atoms with Crippen molar-refractivity contribution in [3.05, 3.63) is 41.0 Å². The second-order valence-corrected chi connectivity index (χ2v) is 4.33. The van der Waals surface area contributed by atoms with E-state index in [0.29, 0.717) is 0 Å². The maximum Gasteiger partial charge on any atom is 0.101 e. The summed E-state index contributed by atoms with van der Waals surface area (Å²) >= 11 is 0. The van der Waals surface area contributed by atoms with Crippen LogP contribution in [0.3, 0.4) is 0 Å². The Balaban J connectivity index is 2.38. The summed E-state index contributed by atoms with van der Waals surface area (Å²) in [5, 5.41) is 9.13. The first kappa shape index (κ1) is 10.8. The lowest BCUT2D eigenvalue weighted by molar-refractivity contribution is 0.784. The number of hydrogen-bond acceptors (Lipinski definition) is 2. The molecular formula is C14H16N2. The largest absolute Gasteiger partial charge is 0.366 e. The van der Waals surface area contributed by atoms with E-state index in [4.69, 9.17) is 5.26 Å². The number of nitriles is 1. The van der Waals surface area contributed by atoms with Crippen molar-refractivity contribution in [2.75, 3.05) is 18.0 Å². The van der Waals surface area contributed by atoms with Gasteiger partial charge in [0.05, 0.1) is 11.3 Å². The predicted octanol–water partition coefficient (Wildman–Crippen LogP) is 3.02. The molecule has 2 heteroatoms. The minimum atomic E-state index is 0.785. The zero-order valence-electron chi connectivity index (χ0n) is 9.83. The molecule has 0 bridgehead atoms. The van der Waals surface area contributed by atoms with Crippen LogP contribution < -0.4 is 4.90 Å². The molecule has 0 saturated heterocycles. The summed E-state index contributed by atoms with van der Waals surface area (Å²) in [6.45, 7) is 6.18. The fraction of sp³-hybridized carbons (Fsp3) is 0.357. The molecular weight excluding hydrogens is 196 g/mol. The van der Waals surface area contributed by atoms with E-state index in [1.165, 1.54) is 11.1 Å². The zero-order valence-corrected chi connectivity index (χ0v) is 9.83. The van der Waals surface area contributed by atoms with Gasteiger partial charge in [0.2, 0.25) is 0 Å². The van der Waals surface area contributed by atoms with Crippen molar-refractivity contribution in [3.63, 3.8) is 0 Å². The number of hydrogen-bond donors (Lipinski definition) is 0. The van der Waals surface area contributed by atoms with Crippen molar-refractivity contribution >= 4 is 5.69 Å². The molecule has 0 atom stereocenters. The second-order valence-electron chi connectivity index (χ2n) is 4.33. The minimum Gasteiger partial charge on any atom is -0.366 e. The summed E-state index contributed by atoms with van der Waals surface area (Å²) in [6.07, 6.45) is 3.34. The Kier molecular flexibility index (Phi) is 2.96. The van der Waals surface area contributed by atoms with Gasteiger partial charge in [-0.1, -0.05) is 23.8 Å². The first-order valence-electron chi connectivity index (χ1n) is 5.62. The number of aryl methyl sites for hydroxylation is 1. The molecule has 1 aromatic carbocycles. The van der Waals surface area contributed by atoms with E-state index in [1.807, 2.05) is 12.1 Å². The molecule has 0 unspecified atom stereocenters. The van der Waals surface area contributed by atoms with E-state index in [-0.39, 0.29) is 0 Å². The van der Waals surface area contributed by atoms with Crippen LogP contribution >= 0.6 is 0 Å². The fourth-order valence-corrected chi connectivity index (χ4v) is 2.14. The lowest BCUT2D eigenvalue weighted by Crippen LogP contribution is -2.29. The van der Waals surface area contributed by atoms with Gasteiger partial charge in [0.15, 0.2) is 0 Å². The Morgan fingerprint density at radius 2 is 2.12 bits per heavy atom. The van der Waals surface area contributed by atoms with Gasteiger partial charge in [0.25, 0.3) is 0 Å². The summed E-state index contributed by atoms with van der Waals surface area (Å²) in [4.78, 5) is 2.29. The van der Waals surface area contributed by atoms with Gasteiger partial charge in [-0.2, -0.15) is 5.26 Å². The van der Waals surface area contributed by atoms with Crippen LogP contribution in [0.5, 0.6) is 0 Å². The van der Waals surface area contributed by atoms with E-state index in [1.54, 1.807) is 0 Å². The molecule has 1 aromatic rings. The molecule has 0 spiro atoms. The summed E-state index contributed by atoms with van der Waals surface area (Å²) in [5.41, 5.74) is 4.53. The summed E-state index contributed by atoms with van der Waals surface area (Å²) in [5.74, 6) is 0. The van der Waals surface area contributed by atoms with Gasteiger partial charge in [-0.3, -0.25) is 0 Å². The highest BCUT2D eigenvalue weighted by Crippen LogP contribution is 2.27. The van der Waals surface area contributed by atoms with Crippen LogP contribution in [-0.2, 0) is 0 Å². The van der Waals surface area contributed by atoms with Crippen LogP contribution in [0, 0.1) is 18.3 Å². The Labute approximate surface area is 96.8 Å². The smallest absolute Gasteiger partial charge is 0.101 e. The third-order valence-electron chi connectivity index (χ3n) is 3.11. The molecule has 0 N–H and O–H groups in total. The Morgan fingerprint density at radius 3 is 2.75 bits per heavy atom. The molecule has 0 aromatic heterocycles. The maximum atomic E-state index is 9.13. The average Bonchev–Trinajstić information content (AvgIpc) is 2.30. The lowest BCUT2D eigenvalue weighted by atomic mass is 10.0. The third kappa shape index (κ3) is 1.94. The molecule has 82 valence electrons. The van der Waals surface area contributed by atoms with Gasteiger partial charge < -0.3 is 4.90 Å². The highest BCUT2D eigenvalue weighted by atomic mass is 15.1. The topological polar surface area (TPSA) is 27.0 Å². The number of benzene rings is 1. The van der Waals surface area contributed by atoms with E-state index in [9.17, 15) is 0 Å². The summed E-state index contributed by atoms with van der Waals surface area (Å²) in [7, 11) is 0. The van der Waals surface area contributed by atoms with Crippen molar-refractivity contribution in [3.8, 4) is 6.07 Å². The fourth-order valence-electron chi connectivity index (χ4n) is 2.14. The first-order chi connectivity index (χ1) is 7.72. The van der Waals surface area contributed by atoms with E-state index in [2.05, 4.69) is 37.0 Å². The van der Waals surface area contributed by atoms with Crippen LogP contribution in [0.15, 0.2) is 29.8 Å². The standard InChI is InChI=1S/C14H16N2/c1-11-6-8-16(9-7-11)14-12(2)4-3-5-13(14)10-15/h3-6H,7-9H2,1-2H3. The average molecular weight is 212 g/mol. The van der Waals surface area contributed by atoms with Crippen molar-refractivity contribution < 1.29 is 0 Å². The SMILES string of the molecule is CC1=CCN(c2c(C)cccc2C#N)CC1. The molecule has 0 radical (unpaired) electrons. The van der Waals surface area contributed by atoms with Crippen molar-refractivity contribution in [2.24, 2.45) is 0 Å². The van der Waals surface area contributed by atoms with Gasteiger partial charge >= 0.3 is 0 Å². The van der Waals surface area contributed by atoms with Crippen molar-refractivity contribution in [2.45, 2.75) is 20.3 Å². The Hall–Kier alpha value is -1.75. The second kappa shape index (κ2) is 4.40. The Bertz CT molecular complexity index is 466. The Morgan fingerprint density at radius 1 is 1.31 bits per heavy atom. The normalized spacial score (nSPS) is 15.6. The molecule has 0 saturated carbocycles. The minimum absolute atomic E-state index is 0.785. The first-order valence-corrected chi connectivity index (χ1v) is 5.62. The van der Waals surface area contributed by atoms with Gasteiger partial charge in [-0.05, 0) is 31.9 Å². The zero-order chi connectivity index (χ0) is 11.5. The quantitative estimate of drug-likeness (QED) is 0.669. The number of rotatable bonds is 1. The predicted molar refractivity (Wildman–Crippen MR) is 66.5 cm³/mol. The number of para-hydroxylation sites is 1. The van der Waals surface area contributed by atoms with Gasteiger partial charge in [0.1, 0.15) is 6.07 Å². The number of nitrogens with zero attached hydrogens (tertiary/aromatic N) is 2. The van der Waals surface area contributed by atoms with Crippen LogP contribution in [0.2, 0.25) is 0 Å². The lowest BCUT2D eigenvalue weighted by Gasteiger charge is -2.29. The van der Waals surface area contributed by atoms with E-state index < -0.39 is 0 Å². The molecule has 1 aliphatic heterocycles. The summed E-state index contributed by atoms with van der Waals surface area (Å²) in [6, 6.07) is 8.20. The highest BCUT2D eigenvalue weighted by Gasteiger charge is 2.15.